The van der Waals surface area contributed by atoms with Crippen LogP contribution in [0.1, 0.15) is 13.8 Å². The fourth-order valence-electron chi connectivity index (χ4n) is 1.19. The molecule has 0 heterocycles. The molecule has 15 heavy (non-hydrogen) atoms. The molecule has 0 aliphatic carbocycles. The summed E-state index contributed by atoms with van der Waals surface area (Å²) in [5.74, 6) is -0.230. The highest BCUT2D eigenvalue weighted by Gasteiger charge is 2.21. The molecule has 0 spiro atoms. The number of benzene rings is 1. The van der Waals surface area contributed by atoms with Gasteiger partial charge in [0, 0.05) is 10.1 Å². The van der Waals surface area contributed by atoms with Gasteiger partial charge < -0.3 is 4.74 Å². The third-order valence-electron chi connectivity index (χ3n) is 2.34. The molecular formula is C12H16O2S. The van der Waals surface area contributed by atoms with Crippen LogP contribution in [0.4, 0.5) is 0 Å². The van der Waals surface area contributed by atoms with Crippen molar-refractivity contribution in [3.8, 4) is 0 Å². The summed E-state index contributed by atoms with van der Waals surface area (Å²) >= 11 is 1.69. The van der Waals surface area contributed by atoms with Crippen LogP contribution in [0.2, 0.25) is 0 Å². The minimum Gasteiger partial charge on any atom is -0.469 e. The first-order valence-electron chi connectivity index (χ1n) is 4.94. The summed E-state index contributed by atoms with van der Waals surface area (Å²) in [6.07, 6.45) is 0. The molecule has 2 nitrogen and oxygen atoms in total. The summed E-state index contributed by atoms with van der Waals surface area (Å²) in [5.41, 5.74) is 0. The zero-order valence-corrected chi connectivity index (χ0v) is 10.1. The van der Waals surface area contributed by atoms with Gasteiger partial charge in [-0.1, -0.05) is 32.0 Å². The molecule has 0 aliphatic rings. The topological polar surface area (TPSA) is 26.3 Å². The third-order valence-corrected chi connectivity index (χ3v) is 3.67. The lowest BCUT2D eigenvalue weighted by Gasteiger charge is -2.16. The van der Waals surface area contributed by atoms with E-state index >= 15 is 0 Å². The average molecular weight is 224 g/mol. The maximum Gasteiger partial charge on any atom is 0.309 e. The number of hydrogen-bond donors (Lipinski definition) is 0. The van der Waals surface area contributed by atoms with Gasteiger partial charge in [0.05, 0.1) is 13.0 Å². The molecule has 0 amide bonds. The first kappa shape index (κ1) is 12.1. The van der Waals surface area contributed by atoms with Crippen molar-refractivity contribution in [1.82, 2.24) is 0 Å². The van der Waals surface area contributed by atoms with Gasteiger partial charge in [-0.05, 0) is 12.1 Å². The molecular weight excluding hydrogens is 208 g/mol. The van der Waals surface area contributed by atoms with E-state index in [-0.39, 0.29) is 17.1 Å². The van der Waals surface area contributed by atoms with Crippen molar-refractivity contribution in [3.63, 3.8) is 0 Å². The zero-order chi connectivity index (χ0) is 11.3. The van der Waals surface area contributed by atoms with Gasteiger partial charge >= 0.3 is 5.97 Å². The van der Waals surface area contributed by atoms with Crippen LogP contribution in [0, 0.1) is 5.92 Å². The minimum atomic E-state index is -0.147. The Kier molecular flexibility index (Phi) is 4.69. The maximum atomic E-state index is 11.3. The number of hydrogen-bond acceptors (Lipinski definition) is 3. The Morgan fingerprint density at radius 1 is 1.27 bits per heavy atom. The number of thioether (sulfide) groups is 1. The molecule has 0 fully saturated rings. The van der Waals surface area contributed by atoms with E-state index in [0.717, 1.165) is 0 Å². The second-order valence-electron chi connectivity index (χ2n) is 3.45. The van der Waals surface area contributed by atoms with Gasteiger partial charge in [-0.3, -0.25) is 4.79 Å². The molecule has 3 heteroatoms. The molecule has 1 aromatic carbocycles. The monoisotopic (exact) mass is 224 g/mol. The van der Waals surface area contributed by atoms with Crippen molar-refractivity contribution < 1.29 is 9.53 Å². The highest BCUT2D eigenvalue weighted by Crippen LogP contribution is 2.27. The van der Waals surface area contributed by atoms with Crippen LogP contribution in [-0.2, 0) is 9.53 Å². The lowest BCUT2D eigenvalue weighted by atomic mass is 10.1. The lowest BCUT2D eigenvalue weighted by Crippen LogP contribution is -2.21. The molecule has 2 atom stereocenters. The van der Waals surface area contributed by atoms with Crippen molar-refractivity contribution in [2.24, 2.45) is 5.92 Å². The van der Waals surface area contributed by atoms with E-state index in [1.807, 2.05) is 44.2 Å². The van der Waals surface area contributed by atoms with Crippen molar-refractivity contribution in [3.05, 3.63) is 30.3 Å². The molecule has 1 rings (SSSR count). The summed E-state index contributed by atoms with van der Waals surface area (Å²) in [6, 6.07) is 10.1. The molecule has 0 aliphatic heterocycles. The Balaban J connectivity index is 2.56. The molecule has 0 aromatic heterocycles. The number of methoxy groups -OCH3 is 1. The van der Waals surface area contributed by atoms with Crippen LogP contribution < -0.4 is 0 Å². The SMILES string of the molecule is COC(=O)[C@@H](C)[C@H](C)Sc1ccccc1. The first-order chi connectivity index (χ1) is 7.15. The fourth-order valence-corrected chi connectivity index (χ4v) is 2.25. The Labute approximate surface area is 95.0 Å². The molecule has 0 radical (unpaired) electrons. The van der Waals surface area contributed by atoms with Crippen LogP contribution >= 0.6 is 11.8 Å². The highest BCUT2D eigenvalue weighted by molar-refractivity contribution is 8.00. The van der Waals surface area contributed by atoms with Crippen LogP contribution in [-0.4, -0.2) is 18.3 Å². The van der Waals surface area contributed by atoms with E-state index in [4.69, 9.17) is 4.74 Å². The van der Waals surface area contributed by atoms with Crippen molar-refractivity contribution >= 4 is 17.7 Å². The average Bonchev–Trinajstić information content (AvgIpc) is 2.28. The summed E-state index contributed by atoms with van der Waals surface area (Å²) < 4.78 is 4.72. The van der Waals surface area contributed by atoms with Crippen LogP contribution in [0.25, 0.3) is 0 Å². The third kappa shape index (κ3) is 3.59. The number of carbonyl (C=O) groups is 1. The van der Waals surface area contributed by atoms with Crippen LogP contribution in [0.15, 0.2) is 35.2 Å². The van der Waals surface area contributed by atoms with Crippen molar-refractivity contribution in [2.45, 2.75) is 24.0 Å². The minimum absolute atomic E-state index is 0.0831. The van der Waals surface area contributed by atoms with E-state index in [9.17, 15) is 4.79 Å². The number of rotatable bonds is 4. The predicted molar refractivity (Wildman–Crippen MR) is 62.9 cm³/mol. The highest BCUT2D eigenvalue weighted by atomic mass is 32.2. The molecule has 0 N–H and O–H groups in total. The van der Waals surface area contributed by atoms with E-state index in [0.29, 0.717) is 0 Å². The molecule has 0 saturated carbocycles. The molecule has 0 unspecified atom stereocenters. The predicted octanol–water partition coefficient (Wildman–Crippen LogP) is 2.98. The summed E-state index contributed by atoms with van der Waals surface area (Å²) in [7, 11) is 1.43. The van der Waals surface area contributed by atoms with Gasteiger partial charge in [0.2, 0.25) is 0 Å². The van der Waals surface area contributed by atoms with Gasteiger partial charge in [-0.25, -0.2) is 0 Å². The van der Waals surface area contributed by atoms with E-state index in [1.165, 1.54) is 12.0 Å². The van der Waals surface area contributed by atoms with E-state index < -0.39 is 0 Å². The van der Waals surface area contributed by atoms with Crippen LogP contribution in [0.5, 0.6) is 0 Å². The molecule has 82 valence electrons. The molecule has 0 bridgehead atoms. The van der Waals surface area contributed by atoms with Gasteiger partial charge in [0.15, 0.2) is 0 Å². The largest absolute Gasteiger partial charge is 0.469 e. The Morgan fingerprint density at radius 3 is 2.40 bits per heavy atom. The summed E-state index contributed by atoms with van der Waals surface area (Å²) in [4.78, 5) is 12.5. The smallest absolute Gasteiger partial charge is 0.309 e. The van der Waals surface area contributed by atoms with E-state index in [2.05, 4.69) is 0 Å². The van der Waals surface area contributed by atoms with E-state index in [1.54, 1.807) is 11.8 Å². The number of ether oxygens (including phenoxy) is 1. The van der Waals surface area contributed by atoms with Gasteiger partial charge in [-0.15, -0.1) is 11.8 Å². The second kappa shape index (κ2) is 5.81. The second-order valence-corrected chi connectivity index (χ2v) is 4.90. The quantitative estimate of drug-likeness (QED) is 0.581. The molecule has 0 saturated heterocycles. The Morgan fingerprint density at radius 2 is 1.87 bits per heavy atom. The number of esters is 1. The normalized spacial score (nSPS) is 14.3. The maximum absolute atomic E-state index is 11.3. The summed E-state index contributed by atoms with van der Waals surface area (Å²) in [6.45, 7) is 3.94. The fraction of sp³-hybridized carbons (Fsp3) is 0.417. The Bertz CT molecular complexity index is 311. The first-order valence-corrected chi connectivity index (χ1v) is 5.82. The lowest BCUT2D eigenvalue weighted by molar-refractivity contribution is -0.144. The van der Waals surface area contributed by atoms with Crippen molar-refractivity contribution in [1.29, 1.82) is 0 Å². The number of carbonyl (C=O) groups excluding carboxylic acids is 1. The van der Waals surface area contributed by atoms with Gasteiger partial charge in [0.1, 0.15) is 0 Å². The van der Waals surface area contributed by atoms with Crippen molar-refractivity contribution in [2.75, 3.05) is 7.11 Å². The van der Waals surface area contributed by atoms with Gasteiger partial charge in [-0.2, -0.15) is 0 Å². The van der Waals surface area contributed by atoms with Crippen LogP contribution in [0.3, 0.4) is 0 Å². The van der Waals surface area contributed by atoms with Gasteiger partial charge in [0.25, 0.3) is 0 Å². The zero-order valence-electron chi connectivity index (χ0n) is 9.27. The molecule has 1 aromatic rings. The standard InChI is InChI=1S/C12H16O2S/c1-9(12(13)14-3)10(2)15-11-7-5-4-6-8-11/h4-10H,1-3H3/t9-,10-/m0/s1. The Hall–Kier alpha value is -0.960. The summed E-state index contributed by atoms with van der Waals surface area (Å²) in [5, 5.41) is 0.222.